The van der Waals surface area contributed by atoms with Crippen LogP contribution in [0.4, 0.5) is 4.39 Å². The van der Waals surface area contributed by atoms with Crippen molar-refractivity contribution in [1.29, 1.82) is 0 Å². The van der Waals surface area contributed by atoms with Gasteiger partial charge in [0.1, 0.15) is 17.7 Å². The van der Waals surface area contributed by atoms with Crippen molar-refractivity contribution in [3.8, 4) is 0 Å². The Kier molecular flexibility index (Phi) is 6.35. The first kappa shape index (κ1) is 20.3. The Hall–Kier alpha value is -2.39. The average Bonchev–Trinajstić information content (AvgIpc) is 2.95. The predicted octanol–water partition coefficient (Wildman–Crippen LogP) is 2.30. The molecule has 2 aromatic rings. The van der Waals surface area contributed by atoms with Crippen LogP contribution in [0.1, 0.15) is 17.5 Å². The van der Waals surface area contributed by atoms with Crippen LogP contribution in [0.15, 0.2) is 58.4 Å². The lowest BCUT2D eigenvalue weighted by Gasteiger charge is -2.14. The minimum atomic E-state index is -3.66. The summed E-state index contributed by atoms with van der Waals surface area (Å²) in [4.78, 5) is 17.2. The molecule has 2 aromatic carbocycles. The summed E-state index contributed by atoms with van der Waals surface area (Å²) in [6.07, 6.45) is 2.39. The number of aliphatic imine (C=N–C) groups is 1. The molecule has 6 nitrogen and oxygen atoms in total. The SMILES string of the molecule is CSCC[C@H](N=C1NS(=O)(=O)c2ccccc21)C(=O)NCc1ccc(F)cc1. The molecule has 0 aromatic heterocycles. The van der Waals surface area contributed by atoms with E-state index >= 15 is 0 Å². The van der Waals surface area contributed by atoms with Crippen LogP contribution in [-0.2, 0) is 21.4 Å². The van der Waals surface area contributed by atoms with Crippen molar-refractivity contribution < 1.29 is 17.6 Å². The molecule has 0 saturated heterocycles. The van der Waals surface area contributed by atoms with Gasteiger partial charge in [0.25, 0.3) is 10.0 Å². The molecule has 1 aliphatic rings. The fourth-order valence-corrected chi connectivity index (χ4v) is 4.48. The van der Waals surface area contributed by atoms with E-state index in [1.54, 1.807) is 42.1 Å². The van der Waals surface area contributed by atoms with Crippen LogP contribution in [-0.4, -0.2) is 38.2 Å². The van der Waals surface area contributed by atoms with Crippen molar-refractivity contribution in [3.05, 3.63) is 65.5 Å². The summed E-state index contributed by atoms with van der Waals surface area (Å²) in [5.74, 6) is 0.222. The number of nitrogens with zero attached hydrogens (tertiary/aromatic N) is 1. The van der Waals surface area contributed by atoms with Gasteiger partial charge in [0, 0.05) is 12.1 Å². The number of carbonyl (C=O) groups excluding carboxylic acids is 1. The van der Waals surface area contributed by atoms with Gasteiger partial charge in [-0.25, -0.2) is 12.8 Å². The zero-order chi connectivity index (χ0) is 20.1. The fraction of sp³-hybridized carbons (Fsp3) is 0.263. The minimum absolute atomic E-state index is 0.157. The summed E-state index contributed by atoms with van der Waals surface area (Å²) in [6, 6.07) is 11.6. The lowest BCUT2D eigenvalue weighted by Crippen LogP contribution is -2.35. The van der Waals surface area contributed by atoms with Gasteiger partial charge in [0.2, 0.25) is 5.91 Å². The lowest BCUT2D eigenvalue weighted by atomic mass is 10.1. The monoisotopic (exact) mass is 421 g/mol. The number of carbonyl (C=O) groups is 1. The van der Waals surface area contributed by atoms with Crippen molar-refractivity contribution in [2.45, 2.75) is 23.9 Å². The second-order valence-corrected chi connectivity index (χ2v) is 8.86. The zero-order valence-electron chi connectivity index (χ0n) is 15.2. The topological polar surface area (TPSA) is 87.6 Å². The molecule has 1 heterocycles. The maximum atomic E-state index is 13.0. The third kappa shape index (κ3) is 4.71. The molecule has 0 aliphatic carbocycles. The van der Waals surface area contributed by atoms with E-state index in [1.165, 1.54) is 18.2 Å². The summed E-state index contributed by atoms with van der Waals surface area (Å²) < 4.78 is 39.9. The smallest absolute Gasteiger partial charge is 0.263 e. The predicted molar refractivity (Wildman–Crippen MR) is 108 cm³/mol. The molecular formula is C19H20FN3O3S2. The number of hydrogen-bond acceptors (Lipinski definition) is 5. The number of nitrogens with one attached hydrogen (secondary N) is 2. The van der Waals surface area contributed by atoms with E-state index < -0.39 is 16.1 Å². The molecule has 1 amide bonds. The second kappa shape index (κ2) is 8.74. The maximum absolute atomic E-state index is 13.0. The largest absolute Gasteiger partial charge is 0.350 e. The van der Waals surface area contributed by atoms with Crippen molar-refractivity contribution in [2.75, 3.05) is 12.0 Å². The molecule has 0 unspecified atom stereocenters. The molecule has 28 heavy (non-hydrogen) atoms. The number of amides is 1. The van der Waals surface area contributed by atoms with Crippen LogP contribution in [0.5, 0.6) is 0 Å². The average molecular weight is 422 g/mol. The molecule has 0 fully saturated rings. The number of sulfonamides is 1. The fourth-order valence-electron chi connectivity index (χ4n) is 2.78. The number of benzene rings is 2. The number of hydrogen-bond donors (Lipinski definition) is 2. The highest BCUT2D eigenvalue weighted by Crippen LogP contribution is 2.23. The van der Waals surface area contributed by atoms with E-state index in [2.05, 4.69) is 15.0 Å². The normalized spacial score (nSPS) is 17.0. The van der Waals surface area contributed by atoms with Gasteiger partial charge >= 0.3 is 0 Å². The number of fused-ring (bicyclic) bond motifs is 1. The van der Waals surface area contributed by atoms with Crippen molar-refractivity contribution in [2.24, 2.45) is 4.99 Å². The van der Waals surface area contributed by atoms with Gasteiger partial charge in [0.15, 0.2) is 0 Å². The van der Waals surface area contributed by atoms with Crippen molar-refractivity contribution >= 4 is 33.5 Å². The van der Waals surface area contributed by atoms with Gasteiger partial charge < -0.3 is 5.32 Å². The first-order valence-electron chi connectivity index (χ1n) is 8.62. The summed E-state index contributed by atoms with van der Waals surface area (Å²) in [5, 5.41) is 2.79. The van der Waals surface area contributed by atoms with E-state index in [0.717, 1.165) is 5.56 Å². The molecule has 1 atom stereocenters. The van der Waals surface area contributed by atoms with Gasteiger partial charge in [-0.1, -0.05) is 24.3 Å². The third-order valence-corrected chi connectivity index (χ3v) is 6.27. The van der Waals surface area contributed by atoms with E-state index in [-0.39, 0.29) is 29.0 Å². The molecule has 0 bridgehead atoms. The number of halogens is 1. The van der Waals surface area contributed by atoms with Crippen molar-refractivity contribution in [3.63, 3.8) is 0 Å². The van der Waals surface area contributed by atoms with E-state index in [9.17, 15) is 17.6 Å². The molecule has 1 aliphatic heterocycles. The van der Waals surface area contributed by atoms with E-state index in [4.69, 9.17) is 0 Å². The van der Waals surface area contributed by atoms with E-state index in [0.29, 0.717) is 17.7 Å². The molecule has 0 saturated carbocycles. The van der Waals surface area contributed by atoms with Gasteiger partial charge in [0.05, 0.1) is 4.90 Å². The highest BCUT2D eigenvalue weighted by atomic mass is 32.2. The van der Waals surface area contributed by atoms with Crippen LogP contribution in [0, 0.1) is 5.82 Å². The Morgan fingerprint density at radius 2 is 1.93 bits per heavy atom. The number of rotatable bonds is 7. The number of thioether (sulfide) groups is 1. The summed E-state index contributed by atoms with van der Waals surface area (Å²) in [5.41, 5.74) is 1.22. The van der Waals surface area contributed by atoms with Crippen LogP contribution >= 0.6 is 11.8 Å². The maximum Gasteiger partial charge on any atom is 0.263 e. The zero-order valence-corrected chi connectivity index (χ0v) is 16.8. The Balaban J connectivity index is 1.79. The summed E-state index contributed by atoms with van der Waals surface area (Å²) in [6.45, 7) is 0.238. The van der Waals surface area contributed by atoms with Crippen LogP contribution in [0.25, 0.3) is 0 Å². The molecule has 2 N–H and O–H groups in total. The highest BCUT2D eigenvalue weighted by Gasteiger charge is 2.31. The minimum Gasteiger partial charge on any atom is -0.350 e. The van der Waals surface area contributed by atoms with Crippen molar-refractivity contribution in [1.82, 2.24) is 10.0 Å². The van der Waals surface area contributed by atoms with Crippen LogP contribution in [0.3, 0.4) is 0 Å². The summed E-state index contributed by atoms with van der Waals surface area (Å²) >= 11 is 1.58. The van der Waals surface area contributed by atoms with E-state index in [1.807, 2.05) is 6.26 Å². The molecule has 0 spiro atoms. The molecule has 3 rings (SSSR count). The Morgan fingerprint density at radius 3 is 2.64 bits per heavy atom. The van der Waals surface area contributed by atoms with Gasteiger partial charge in [-0.3, -0.25) is 14.5 Å². The first-order chi connectivity index (χ1) is 13.4. The highest BCUT2D eigenvalue weighted by molar-refractivity contribution is 7.98. The second-order valence-electron chi connectivity index (χ2n) is 6.22. The lowest BCUT2D eigenvalue weighted by molar-refractivity contribution is -0.122. The Morgan fingerprint density at radius 1 is 1.21 bits per heavy atom. The van der Waals surface area contributed by atoms with Gasteiger partial charge in [-0.2, -0.15) is 11.8 Å². The molecule has 148 valence electrons. The molecule has 0 radical (unpaired) electrons. The Bertz CT molecular complexity index is 992. The molecule has 9 heteroatoms. The number of amidine groups is 1. The first-order valence-corrected chi connectivity index (χ1v) is 11.5. The molecular weight excluding hydrogens is 401 g/mol. The standard InChI is InChI=1S/C19H20FN3O3S2/c1-27-11-10-16(19(24)21-12-13-6-8-14(20)9-7-13)22-18-15-4-2-3-5-17(15)28(25,26)23-18/h2-9,16H,10-12H2,1H3,(H,21,24)(H,22,23)/t16-/m0/s1. The quantitative estimate of drug-likeness (QED) is 0.718. The van der Waals surface area contributed by atoms with Gasteiger partial charge in [-0.15, -0.1) is 0 Å². The van der Waals surface area contributed by atoms with Crippen LogP contribution < -0.4 is 10.0 Å². The van der Waals surface area contributed by atoms with Crippen LogP contribution in [0.2, 0.25) is 0 Å². The third-order valence-electron chi connectivity index (χ3n) is 4.23. The van der Waals surface area contributed by atoms with Gasteiger partial charge in [-0.05, 0) is 48.3 Å². The Labute approximate surface area is 167 Å². The summed E-state index contributed by atoms with van der Waals surface area (Å²) in [7, 11) is -3.66.